The molecule has 1 amide bonds. The van der Waals surface area contributed by atoms with Crippen molar-refractivity contribution >= 4 is 34.5 Å². The van der Waals surface area contributed by atoms with Crippen molar-refractivity contribution in [1.82, 2.24) is 19.3 Å². The monoisotopic (exact) mass is 355 g/mol. The Bertz CT molecular complexity index is 911. The highest BCUT2D eigenvalue weighted by Crippen LogP contribution is 2.40. The summed E-state index contributed by atoms with van der Waals surface area (Å²) >= 11 is 1.45. The van der Waals surface area contributed by atoms with Gasteiger partial charge in [-0.3, -0.25) is 4.79 Å². The molecular weight excluding hydrogens is 334 g/mol. The highest BCUT2D eigenvalue weighted by Gasteiger charge is 2.30. The number of anilines is 1. The van der Waals surface area contributed by atoms with Gasteiger partial charge in [0.15, 0.2) is 5.16 Å². The third kappa shape index (κ3) is 3.28. The summed E-state index contributed by atoms with van der Waals surface area (Å²) in [6.07, 6.45) is 4.24. The third-order valence-corrected chi connectivity index (χ3v) is 5.74. The van der Waals surface area contributed by atoms with E-state index in [4.69, 9.17) is 0 Å². The van der Waals surface area contributed by atoms with Crippen molar-refractivity contribution in [2.45, 2.75) is 31.0 Å². The Morgan fingerprint density at radius 3 is 2.92 bits per heavy atom. The lowest BCUT2D eigenvalue weighted by molar-refractivity contribution is -0.113. The number of para-hydroxylation sites is 2. The molecular formula is C18H21N5OS. The van der Waals surface area contributed by atoms with Crippen molar-refractivity contribution in [3.8, 4) is 0 Å². The minimum absolute atomic E-state index is 0.0400. The number of benzene rings is 1. The quantitative estimate of drug-likeness (QED) is 0.688. The molecule has 1 N–H and O–H groups in total. The van der Waals surface area contributed by atoms with E-state index in [1.54, 1.807) is 6.20 Å². The van der Waals surface area contributed by atoms with Gasteiger partial charge >= 0.3 is 0 Å². The lowest BCUT2D eigenvalue weighted by atomic mass is 10.2. The Kier molecular flexibility index (Phi) is 4.25. The molecule has 0 saturated heterocycles. The van der Waals surface area contributed by atoms with Crippen LogP contribution in [0.25, 0.3) is 11.0 Å². The number of amides is 1. The molecule has 0 radical (unpaired) electrons. The van der Waals surface area contributed by atoms with E-state index in [1.165, 1.54) is 24.6 Å². The summed E-state index contributed by atoms with van der Waals surface area (Å²) in [5.74, 6) is 1.74. The van der Waals surface area contributed by atoms with Crippen molar-refractivity contribution in [1.29, 1.82) is 0 Å². The number of imidazole rings is 1. The molecule has 1 saturated carbocycles. The summed E-state index contributed by atoms with van der Waals surface area (Å²) in [5, 5.41) is 8.20. The van der Waals surface area contributed by atoms with E-state index in [0.717, 1.165) is 22.0 Å². The standard InChI is InChI=1S/C18H21N5OS/c1-12(13-7-8-13)23-16(9-10-19-23)21-17(24)11-25-18-20-14-5-3-4-6-15(14)22(18)2/h3-6,9-10,12-13H,7-8,11H2,1-2H3,(H,21,24). The van der Waals surface area contributed by atoms with Crippen molar-refractivity contribution in [3.05, 3.63) is 36.5 Å². The second-order valence-electron chi connectivity index (χ2n) is 6.52. The van der Waals surface area contributed by atoms with Crippen LogP contribution in [0.3, 0.4) is 0 Å². The van der Waals surface area contributed by atoms with E-state index in [0.29, 0.717) is 17.7 Å². The summed E-state index contributed by atoms with van der Waals surface area (Å²) in [6, 6.07) is 10.2. The maximum absolute atomic E-state index is 12.4. The molecule has 7 heteroatoms. The van der Waals surface area contributed by atoms with Crippen LogP contribution in [-0.4, -0.2) is 31.0 Å². The lowest BCUT2D eigenvalue weighted by Crippen LogP contribution is -2.19. The SMILES string of the molecule is CC(C1CC1)n1nccc1NC(=O)CSc1nc2ccccc2n1C. The van der Waals surface area contributed by atoms with Gasteiger partial charge in [0, 0.05) is 13.1 Å². The third-order valence-electron chi connectivity index (χ3n) is 4.71. The molecule has 1 aliphatic rings. The Hall–Kier alpha value is -2.28. The number of rotatable bonds is 6. The molecule has 25 heavy (non-hydrogen) atoms. The van der Waals surface area contributed by atoms with E-state index in [1.807, 2.05) is 46.6 Å². The zero-order chi connectivity index (χ0) is 17.4. The number of thioether (sulfide) groups is 1. The van der Waals surface area contributed by atoms with Gasteiger partial charge in [0.05, 0.1) is 29.0 Å². The topological polar surface area (TPSA) is 64.7 Å². The average molecular weight is 355 g/mol. The molecule has 130 valence electrons. The molecule has 0 aliphatic heterocycles. The molecule has 2 heterocycles. The molecule has 1 unspecified atom stereocenters. The minimum Gasteiger partial charge on any atom is -0.322 e. The molecule has 6 nitrogen and oxygen atoms in total. The maximum Gasteiger partial charge on any atom is 0.235 e. The first-order chi connectivity index (χ1) is 12.1. The van der Waals surface area contributed by atoms with Crippen LogP contribution in [0, 0.1) is 5.92 Å². The number of fused-ring (bicyclic) bond motifs is 1. The number of carbonyl (C=O) groups is 1. The van der Waals surface area contributed by atoms with Crippen molar-refractivity contribution in [2.24, 2.45) is 13.0 Å². The highest BCUT2D eigenvalue weighted by atomic mass is 32.2. The molecule has 0 spiro atoms. The van der Waals surface area contributed by atoms with Crippen LogP contribution >= 0.6 is 11.8 Å². The lowest BCUT2D eigenvalue weighted by Gasteiger charge is -2.15. The van der Waals surface area contributed by atoms with Crippen LogP contribution in [0.1, 0.15) is 25.8 Å². The number of hydrogen-bond acceptors (Lipinski definition) is 4. The molecule has 3 aromatic rings. The molecule has 4 rings (SSSR count). The van der Waals surface area contributed by atoms with Gasteiger partial charge in [0.2, 0.25) is 5.91 Å². The van der Waals surface area contributed by atoms with E-state index in [-0.39, 0.29) is 5.91 Å². The predicted octanol–water partition coefficient (Wildman–Crippen LogP) is 3.47. The Morgan fingerprint density at radius 2 is 2.16 bits per heavy atom. The Labute approximate surface area is 150 Å². The van der Waals surface area contributed by atoms with Crippen LogP contribution in [-0.2, 0) is 11.8 Å². The second kappa shape index (κ2) is 6.55. The maximum atomic E-state index is 12.4. The average Bonchev–Trinajstić information content (AvgIpc) is 3.29. The molecule has 1 aliphatic carbocycles. The number of nitrogens with zero attached hydrogens (tertiary/aromatic N) is 4. The second-order valence-corrected chi connectivity index (χ2v) is 7.46. The van der Waals surface area contributed by atoms with Crippen LogP contribution in [0.5, 0.6) is 0 Å². The first-order valence-corrected chi connectivity index (χ1v) is 9.49. The first-order valence-electron chi connectivity index (χ1n) is 8.51. The normalized spacial score (nSPS) is 15.4. The Balaban J connectivity index is 1.41. The zero-order valence-electron chi connectivity index (χ0n) is 14.3. The van der Waals surface area contributed by atoms with Gasteiger partial charge in [0.1, 0.15) is 5.82 Å². The summed E-state index contributed by atoms with van der Waals surface area (Å²) < 4.78 is 3.95. The molecule has 1 atom stereocenters. The van der Waals surface area contributed by atoms with E-state index in [9.17, 15) is 4.79 Å². The summed E-state index contributed by atoms with van der Waals surface area (Å²) in [7, 11) is 1.97. The first kappa shape index (κ1) is 16.2. The molecule has 2 aromatic heterocycles. The van der Waals surface area contributed by atoms with E-state index < -0.39 is 0 Å². The van der Waals surface area contributed by atoms with Crippen LogP contribution in [0.2, 0.25) is 0 Å². The van der Waals surface area contributed by atoms with Gasteiger partial charge in [0.25, 0.3) is 0 Å². The van der Waals surface area contributed by atoms with Crippen LogP contribution in [0.4, 0.5) is 5.82 Å². The van der Waals surface area contributed by atoms with Crippen molar-refractivity contribution < 1.29 is 4.79 Å². The number of hydrogen-bond donors (Lipinski definition) is 1. The fourth-order valence-corrected chi connectivity index (χ4v) is 3.86. The van der Waals surface area contributed by atoms with Gasteiger partial charge < -0.3 is 9.88 Å². The van der Waals surface area contributed by atoms with Crippen molar-refractivity contribution in [2.75, 3.05) is 11.1 Å². The number of carbonyl (C=O) groups excluding carboxylic acids is 1. The number of nitrogens with one attached hydrogen (secondary N) is 1. The molecule has 0 bridgehead atoms. The fraction of sp³-hybridized carbons (Fsp3) is 0.389. The molecule has 1 fully saturated rings. The fourth-order valence-electron chi connectivity index (χ4n) is 3.08. The van der Waals surface area contributed by atoms with Gasteiger partial charge in [-0.2, -0.15) is 5.10 Å². The van der Waals surface area contributed by atoms with Gasteiger partial charge in [-0.05, 0) is 37.8 Å². The van der Waals surface area contributed by atoms with Gasteiger partial charge in [-0.1, -0.05) is 23.9 Å². The summed E-state index contributed by atoms with van der Waals surface area (Å²) in [6.45, 7) is 2.16. The Morgan fingerprint density at radius 1 is 1.36 bits per heavy atom. The minimum atomic E-state index is -0.0400. The largest absolute Gasteiger partial charge is 0.322 e. The van der Waals surface area contributed by atoms with Crippen LogP contribution in [0.15, 0.2) is 41.7 Å². The number of aromatic nitrogens is 4. The smallest absolute Gasteiger partial charge is 0.235 e. The predicted molar refractivity (Wildman–Crippen MR) is 99.7 cm³/mol. The summed E-state index contributed by atoms with van der Waals surface area (Å²) in [4.78, 5) is 16.9. The molecule has 1 aromatic carbocycles. The van der Waals surface area contributed by atoms with Crippen LogP contribution < -0.4 is 5.32 Å². The summed E-state index contributed by atoms with van der Waals surface area (Å²) in [5.41, 5.74) is 2.02. The number of aryl methyl sites for hydroxylation is 1. The van der Waals surface area contributed by atoms with E-state index >= 15 is 0 Å². The highest BCUT2D eigenvalue weighted by molar-refractivity contribution is 7.99. The zero-order valence-corrected chi connectivity index (χ0v) is 15.2. The van der Waals surface area contributed by atoms with E-state index in [2.05, 4.69) is 22.3 Å². The van der Waals surface area contributed by atoms with Gasteiger partial charge in [-0.25, -0.2) is 9.67 Å². The van der Waals surface area contributed by atoms with Gasteiger partial charge in [-0.15, -0.1) is 0 Å². The van der Waals surface area contributed by atoms with Crippen molar-refractivity contribution in [3.63, 3.8) is 0 Å².